The number of aliphatic hydroxyl groups is 2. The van der Waals surface area contributed by atoms with E-state index in [2.05, 4.69) is 36.9 Å². The lowest BCUT2D eigenvalue weighted by molar-refractivity contribution is -0.463. The van der Waals surface area contributed by atoms with E-state index in [-0.39, 0.29) is 85.1 Å². The van der Waals surface area contributed by atoms with Crippen LogP contribution in [0.5, 0.6) is 23.0 Å². The summed E-state index contributed by atoms with van der Waals surface area (Å²) in [5, 5.41) is 24.9. The van der Waals surface area contributed by atoms with Crippen molar-refractivity contribution < 1.29 is 67.0 Å². The van der Waals surface area contributed by atoms with E-state index >= 15 is 0 Å². The van der Waals surface area contributed by atoms with E-state index in [1.165, 1.54) is 59.8 Å². The highest BCUT2D eigenvalue weighted by Crippen LogP contribution is 2.37. The standard InChI is InChI=1S/C39H44N4O12/c1-7-10-54-38(48)40-30-18-34(32(50-5)16-28(30)36(46)42-20-24(3)14-26(42)22-44)52-12-9-13-53-35-19-31(41-39(49)55-11-8-2)29(17-33(35)51-6)37(47)43-21-25(4)15-27(43)23-45/h7-8,16-21,26-27,44-45H,1-4,9-15,22-23H2,5-6H3/p+2/t26-,27-/m0/s1. The Hall–Kier alpha value is -6.26. The second-order valence-electron chi connectivity index (χ2n) is 12.3. The van der Waals surface area contributed by atoms with Crippen molar-refractivity contribution in [3.8, 4) is 23.0 Å². The van der Waals surface area contributed by atoms with Crippen molar-refractivity contribution in [1.82, 2.24) is 0 Å². The molecule has 0 saturated carbocycles. The number of ether oxygens (including phenoxy) is 6. The van der Waals surface area contributed by atoms with Gasteiger partial charge in [0.25, 0.3) is 0 Å². The smallest absolute Gasteiger partial charge is 0.422 e. The van der Waals surface area contributed by atoms with Crippen molar-refractivity contribution in [3.05, 3.63) is 85.0 Å². The fourth-order valence-electron chi connectivity index (χ4n) is 5.75. The van der Waals surface area contributed by atoms with Crippen molar-refractivity contribution in [3.63, 3.8) is 0 Å². The van der Waals surface area contributed by atoms with Gasteiger partial charge in [-0.15, -0.1) is 0 Å². The first-order valence-corrected chi connectivity index (χ1v) is 17.2. The molecular weight excluding hydrogens is 716 g/mol. The van der Waals surface area contributed by atoms with Crippen molar-refractivity contribution in [2.45, 2.75) is 31.3 Å². The molecule has 2 aromatic rings. The van der Waals surface area contributed by atoms with Crippen LogP contribution in [0.15, 0.2) is 73.9 Å². The average Bonchev–Trinajstić information content (AvgIpc) is 3.76. The van der Waals surface area contributed by atoms with E-state index in [0.717, 1.165) is 0 Å². The van der Waals surface area contributed by atoms with Gasteiger partial charge in [-0.3, -0.25) is 10.6 Å². The molecule has 4 N–H and O–H groups in total. The summed E-state index contributed by atoms with van der Waals surface area (Å²) in [5.41, 5.74) is 1.57. The van der Waals surface area contributed by atoms with Crippen molar-refractivity contribution in [2.75, 3.05) is 64.5 Å². The monoisotopic (exact) mass is 762 g/mol. The molecular formula is C39H46N4O12+2. The number of amides is 4. The highest BCUT2D eigenvalue weighted by molar-refractivity contribution is 6.03. The van der Waals surface area contributed by atoms with Gasteiger partial charge >= 0.3 is 24.0 Å². The molecule has 2 heterocycles. The third-order valence-corrected chi connectivity index (χ3v) is 8.33. The van der Waals surface area contributed by atoms with Crippen molar-refractivity contribution >= 4 is 47.8 Å². The fourth-order valence-corrected chi connectivity index (χ4v) is 5.75. The molecule has 0 bridgehead atoms. The average molecular weight is 763 g/mol. The van der Waals surface area contributed by atoms with Gasteiger partial charge in [-0.05, 0) is 0 Å². The predicted molar refractivity (Wildman–Crippen MR) is 203 cm³/mol. The largest absolute Gasteiger partial charge is 0.493 e. The molecule has 0 unspecified atom stereocenters. The fraction of sp³-hybridized carbons (Fsp3) is 0.333. The number of rotatable bonds is 18. The Kier molecular flexibility index (Phi) is 14.9. The number of nitrogens with one attached hydrogen (secondary N) is 2. The third-order valence-electron chi connectivity index (χ3n) is 8.33. The number of hydrogen-bond acceptors (Lipinski definition) is 12. The quantitative estimate of drug-likeness (QED) is 0.0967. The first-order chi connectivity index (χ1) is 26.5. The third kappa shape index (κ3) is 10.5. The van der Waals surface area contributed by atoms with Crippen LogP contribution >= 0.6 is 0 Å². The minimum atomic E-state index is -0.839. The molecule has 16 nitrogen and oxygen atoms in total. The molecule has 4 rings (SSSR count). The minimum absolute atomic E-state index is 0.0544. The van der Waals surface area contributed by atoms with E-state index in [0.29, 0.717) is 30.4 Å². The van der Waals surface area contributed by atoms with Gasteiger partial charge in [-0.2, -0.15) is 9.15 Å². The molecule has 0 spiro atoms. The van der Waals surface area contributed by atoms with Crippen LogP contribution in [0.25, 0.3) is 0 Å². The summed E-state index contributed by atoms with van der Waals surface area (Å²) < 4.78 is 35.9. The van der Waals surface area contributed by atoms with Crippen LogP contribution in [0.3, 0.4) is 0 Å². The zero-order chi connectivity index (χ0) is 40.1. The number of anilines is 2. The molecule has 0 aromatic heterocycles. The number of nitrogens with zero attached hydrogens (tertiary/aromatic N) is 2. The minimum Gasteiger partial charge on any atom is -0.493 e. The van der Waals surface area contributed by atoms with Crippen LogP contribution in [0.1, 0.15) is 40.0 Å². The van der Waals surface area contributed by atoms with Gasteiger partial charge in [0.1, 0.15) is 37.6 Å². The van der Waals surface area contributed by atoms with Gasteiger partial charge in [0.2, 0.25) is 0 Å². The number of aliphatic hydroxyl groups excluding tert-OH is 2. The van der Waals surface area contributed by atoms with E-state index in [1.807, 2.05) is 0 Å². The summed E-state index contributed by atoms with van der Waals surface area (Å²) in [7, 11) is 2.79. The van der Waals surface area contributed by atoms with Crippen LogP contribution in [0.4, 0.5) is 21.0 Å². The number of carbonyl (C=O) groups excluding carboxylic acids is 4. The number of hydrogen-bond donors (Lipinski definition) is 4. The SMILES string of the molecule is C=CCOC(=O)Nc1cc(OCCCOc2cc(NC(=O)OCC=C)c(C(=O)[N+]3=CC(=C)C[C@H]3CO)cc2OC)c(OC)cc1C(=O)[N+]1=CC(=C)C[C@H]1CO. The van der Waals surface area contributed by atoms with Crippen LogP contribution in [0, 0.1) is 0 Å². The second-order valence-corrected chi connectivity index (χ2v) is 12.3. The molecule has 4 amide bonds. The maximum Gasteiger partial charge on any atom is 0.422 e. The highest BCUT2D eigenvalue weighted by Gasteiger charge is 2.38. The number of methoxy groups -OCH3 is 2. The Morgan fingerprint density at radius 1 is 0.709 bits per heavy atom. The van der Waals surface area contributed by atoms with Gasteiger partial charge in [0.05, 0.1) is 38.8 Å². The summed E-state index contributed by atoms with van der Waals surface area (Å²) in [4.78, 5) is 52.5. The lowest BCUT2D eigenvalue weighted by Gasteiger charge is -2.17. The van der Waals surface area contributed by atoms with Gasteiger partial charge in [0, 0.05) is 54.7 Å². The molecule has 0 aliphatic carbocycles. The molecule has 0 saturated heterocycles. The van der Waals surface area contributed by atoms with Gasteiger partial charge in [0.15, 0.2) is 47.5 Å². The summed E-state index contributed by atoms with van der Waals surface area (Å²) in [5.74, 6) is -0.265. The normalized spacial score (nSPS) is 16.0. The van der Waals surface area contributed by atoms with Crippen molar-refractivity contribution in [2.24, 2.45) is 0 Å². The Bertz CT molecular complexity index is 1780. The Labute approximate surface area is 318 Å². The topological polar surface area (TPSA) is 194 Å². The molecule has 2 aliphatic rings. The molecule has 2 aliphatic heterocycles. The molecule has 0 radical (unpaired) electrons. The Morgan fingerprint density at radius 3 is 1.45 bits per heavy atom. The summed E-state index contributed by atoms with van der Waals surface area (Å²) >= 11 is 0. The number of benzene rings is 2. The van der Waals surface area contributed by atoms with E-state index in [4.69, 9.17) is 28.4 Å². The van der Waals surface area contributed by atoms with E-state index in [1.54, 1.807) is 12.4 Å². The highest BCUT2D eigenvalue weighted by atomic mass is 16.6. The second kappa shape index (κ2) is 19.7. The molecule has 55 heavy (non-hydrogen) atoms. The molecule has 16 heteroatoms. The maximum atomic E-state index is 13.7. The molecule has 0 fully saturated rings. The summed E-state index contributed by atoms with van der Waals surface area (Å²) in [6, 6.07) is 4.63. The Balaban J connectivity index is 1.54. The van der Waals surface area contributed by atoms with E-state index < -0.39 is 36.1 Å². The van der Waals surface area contributed by atoms with Crippen LogP contribution in [-0.4, -0.2) is 122 Å². The predicted octanol–water partition coefficient (Wildman–Crippen LogP) is 4.11. The van der Waals surface area contributed by atoms with E-state index in [9.17, 15) is 29.4 Å². The van der Waals surface area contributed by atoms with Gasteiger partial charge in [-0.25, -0.2) is 19.2 Å². The molecule has 292 valence electrons. The van der Waals surface area contributed by atoms with Crippen LogP contribution < -0.4 is 29.6 Å². The molecule has 2 aromatic carbocycles. The number of carbonyl (C=O) groups is 4. The first-order valence-electron chi connectivity index (χ1n) is 17.2. The summed E-state index contributed by atoms with van der Waals surface area (Å²) in [6.45, 7) is 14.3. The first kappa shape index (κ1) is 41.5. The zero-order valence-corrected chi connectivity index (χ0v) is 30.8. The maximum absolute atomic E-state index is 13.7. The Morgan fingerprint density at radius 2 is 1.11 bits per heavy atom. The molecule has 2 atom stereocenters. The van der Waals surface area contributed by atoms with Crippen LogP contribution in [0.2, 0.25) is 0 Å². The summed E-state index contributed by atoms with van der Waals surface area (Å²) in [6.07, 6.45) is 5.28. The van der Waals surface area contributed by atoms with Gasteiger partial charge < -0.3 is 38.6 Å². The zero-order valence-electron chi connectivity index (χ0n) is 30.8. The van der Waals surface area contributed by atoms with Crippen LogP contribution in [-0.2, 0) is 9.47 Å². The van der Waals surface area contributed by atoms with Crippen molar-refractivity contribution in [1.29, 1.82) is 0 Å². The van der Waals surface area contributed by atoms with Gasteiger partial charge in [-0.1, -0.05) is 38.5 Å². The lowest BCUT2D eigenvalue weighted by atomic mass is 10.1. The lowest BCUT2D eigenvalue weighted by Crippen LogP contribution is -2.32.